The second-order valence-electron chi connectivity index (χ2n) is 9.96. The highest BCUT2D eigenvalue weighted by Gasteiger charge is 2.54. The van der Waals surface area contributed by atoms with Crippen molar-refractivity contribution in [1.82, 2.24) is 14.6 Å². The lowest BCUT2D eigenvalue weighted by Crippen LogP contribution is -2.43. The number of benzene rings is 2. The van der Waals surface area contributed by atoms with Gasteiger partial charge in [0.25, 0.3) is 5.56 Å². The summed E-state index contributed by atoms with van der Waals surface area (Å²) in [4.78, 5) is 37.1. The average Bonchev–Trinajstić information content (AvgIpc) is 3.13. The molecule has 0 bridgehead atoms. The highest BCUT2D eigenvalue weighted by Crippen LogP contribution is 2.49. The van der Waals surface area contributed by atoms with Crippen LogP contribution in [0.25, 0.3) is 10.8 Å². The lowest BCUT2D eigenvalue weighted by molar-refractivity contribution is -0.149. The van der Waals surface area contributed by atoms with Crippen molar-refractivity contribution in [1.29, 1.82) is 0 Å². The minimum Gasteiger partial charge on any atom is -0.462 e. The van der Waals surface area contributed by atoms with Crippen LogP contribution in [0.3, 0.4) is 0 Å². The summed E-state index contributed by atoms with van der Waals surface area (Å²) in [5.41, 5.74) is -1.67. The van der Waals surface area contributed by atoms with Crippen molar-refractivity contribution >= 4 is 47.7 Å². The maximum Gasteiger partial charge on any atom is 0.459 e. The van der Waals surface area contributed by atoms with Crippen molar-refractivity contribution in [2.75, 3.05) is 6.61 Å². The third-order valence-electron chi connectivity index (χ3n) is 6.33. The normalized spacial score (nSPS) is 24.7. The van der Waals surface area contributed by atoms with Gasteiger partial charge in [0.15, 0.2) is 6.23 Å². The molecule has 222 valence electrons. The number of nitrogens with one attached hydrogen (secondary N) is 2. The number of rotatable bonds is 10. The number of halogens is 2. The number of hydrogen-bond acceptors (Lipinski definition) is 9. The van der Waals surface area contributed by atoms with Gasteiger partial charge in [-0.2, -0.15) is 5.09 Å². The first-order chi connectivity index (χ1) is 19.2. The van der Waals surface area contributed by atoms with E-state index in [1.54, 1.807) is 38.1 Å². The van der Waals surface area contributed by atoms with Crippen molar-refractivity contribution in [3.05, 3.63) is 74.5 Å². The van der Waals surface area contributed by atoms with Crippen LogP contribution in [0.1, 0.15) is 33.9 Å². The first-order valence-corrected chi connectivity index (χ1v) is 15.0. The summed E-state index contributed by atoms with van der Waals surface area (Å²) < 4.78 is 37.7. The van der Waals surface area contributed by atoms with Crippen molar-refractivity contribution in [3.8, 4) is 5.75 Å². The number of alkyl halides is 1. The van der Waals surface area contributed by atoms with Gasteiger partial charge in [0, 0.05) is 11.6 Å². The second-order valence-corrected chi connectivity index (χ2v) is 12.9. The molecule has 6 atom stereocenters. The van der Waals surface area contributed by atoms with Crippen molar-refractivity contribution < 1.29 is 33.0 Å². The van der Waals surface area contributed by atoms with Crippen LogP contribution in [0, 0.1) is 0 Å². The number of nitrogens with zero attached hydrogens (tertiary/aromatic N) is 1. The lowest BCUT2D eigenvalue weighted by atomic mass is 10.0. The standard InChI is InChI=1S/C26H30Cl2N3O9P/c1-14(2)38-23(34)15(3)30-41(36,40-19-11-7-9-16-8-5-6-10-17(16)19)37-13-20-21(32)26(4,28)24(39-20)31-12-18(27)22(33)29-25(31)35/h5-12,14-15,20-21,24,32H,13H2,1-4H3,(H,30,36)(H,29,33,35)/t15-,20-,21-,24-,26-,41+/m1/s1. The van der Waals surface area contributed by atoms with Gasteiger partial charge >= 0.3 is 19.4 Å². The van der Waals surface area contributed by atoms with Crippen LogP contribution >= 0.6 is 30.9 Å². The van der Waals surface area contributed by atoms with E-state index in [9.17, 15) is 24.1 Å². The van der Waals surface area contributed by atoms with E-state index in [0.29, 0.717) is 5.39 Å². The average molecular weight is 630 g/mol. The molecule has 0 unspecified atom stereocenters. The van der Waals surface area contributed by atoms with Gasteiger partial charge in [-0.1, -0.05) is 48.0 Å². The number of carbonyl (C=O) groups is 1. The number of aliphatic hydroxyl groups is 1. The molecule has 0 aliphatic carbocycles. The molecule has 0 radical (unpaired) electrons. The number of esters is 1. The predicted octanol–water partition coefficient (Wildman–Crippen LogP) is 3.73. The number of aromatic amines is 1. The van der Waals surface area contributed by atoms with Crippen molar-refractivity contribution in [2.45, 2.75) is 63.2 Å². The molecule has 1 aliphatic rings. The summed E-state index contributed by atoms with van der Waals surface area (Å²) in [5, 5.41) is 14.7. The maximum absolute atomic E-state index is 14.1. The molecule has 0 saturated carbocycles. The molecule has 41 heavy (non-hydrogen) atoms. The molecule has 1 aliphatic heterocycles. The van der Waals surface area contributed by atoms with Crippen LogP contribution in [0.5, 0.6) is 5.75 Å². The van der Waals surface area contributed by atoms with Crippen LogP contribution in [0.2, 0.25) is 5.02 Å². The van der Waals surface area contributed by atoms with Crippen LogP contribution in [-0.2, 0) is 23.4 Å². The minimum absolute atomic E-state index is 0.214. The molecule has 2 aromatic carbocycles. The summed E-state index contributed by atoms with van der Waals surface area (Å²) in [5.74, 6) is -0.476. The third-order valence-corrected chi connectivity index (χ3v) is 8.64. The summed E-state index contributed by atoms with van der Waals surface area (Å²) in [6.45, 7) is 5.67. The Morgan fingerprint density at radius 2 is 1.90 bits per heavy atom. The Labute approximate surface area is 245 Å². The van der Waals surface area contributed by atoms with E-state index in [2.05, 4.69) is 5.09 Å². The Hall–Kier alpha value is -2.70. The van der Waals surface area contributed by atoms with Gasteiger partial charge in [0.05, 0.1) is 12.7 Å². The lowest BCUT2D eigenvalue weighted by Gasteiger charge is -2.26. The zero-order chi connectivity index (χ0) is 30.1. The molecular formula is C26H30Cl2N3O9P. The number of H-pyrrole nitrogens is 1. The molecule has 3 N–H and O–H groups in total. The first-order valence-electron chi connectivity index (χ1n) is 12.7. The van der Waals surface area contributed by atoms with Gasteiger partial charge in [-0.05, 0) is 39.1 Å². The number of fused-ring (bicyclic) bond motifs is 1. The smallest absolute Gasteiger partial charge is 0.459 e. The van der Waals surface area contributed by atoms with Crippen LogP contribution in [-0.4, -0.2) is 56.5 Å². The molecule has 0 spiro atoms. The molecule has 3 aromatic rings. The molecule has 0 amide bonds. The molecule has 2 heterocycles. The minimum atomic E-state index is -4.36. The SMILES string of the molecule is CC(C)OC(=O)[C@@H](C)N[P@](=O)(OC[C@H]1O[C@@H](n2cc(Cl)c(=O)[nH]c2=O)[C@](C)(Cl)[C@@H]1O)Oc1cccc2ccccc12. The van der Waals surface area contributed by atoms with E-state index in [-0.39, 0.29) is 10.8 Å². The van der Waals surface area contributed by atoms with Gasteiger partial charge in [-0.3, -0.25) is 23.7 Å². The van der Waals surface area contributed by atoms with Crippen molar-refractivity contribution in [3.63, 3.8) is 0 Å². The fourth-order valence-corrected chi connectivity index (χ4v) is 6.25. The molecule has 4 rings (SSSR count). The summed E-state index contributed by atoms with van der Waals surface area (Å²) >= 11 is 12.5. The molecule has 1 saturated heterocycles. The number of carbonyl (C=O) groups excluding carboxylic acids is 1. The van der Waals surface area contributed by atoms with Crippen molar-refractivity contribution in [2.24, 2.45) is 0 Å². The highest BCUT2D eigenvalue weighted by molar-refractivity contribution is 7.52. The largest absolute Gasteiger partial charge is 0.462 e. The van der Waals surface area contributed by atoms with Gasteiger partial charge in [0.1, 0.15) is 33.9 Å². The predicted molar refractivity (Wildman–Crippen MR) is 152 cm³/mol. The Balaban J connectivity index is 1.61. The van der Waals surface area contributed by atoms with Crippen LogP contribution < -0.4 is 20.9 Å². The summed E-state index contributed by atoms with van der Waals surface area (Å²) in [6.07, 6.45) is -3.33. The van der Waals surface area contributed by atoms with E-state index in [1.807, 2.05) is 23.2 Å². The number of aliphatic hydroxyl groups excluding tert-OH is 1. The van der Waals surface area contributed by atoms with Gasteiger partial charge in [-0.25, -0.2) is 9.36 Å². The number of aromatic nitrogens is 2. The van der Waals surface area contributed by atoms with E-state index < -0.39 is 67.0 Å². The molecule has 12 nitrogen and oxygen atoms in total. The Morgan fingerprint density at radius 3 is 2.61 bits per heavy atom. The van der Waals surface area contributed by atoms with Gasteiger partial charge in [-0.15, -0.1) is 11.6 Å². The quantitative estimate of drug-likeness (QED) is 0.171. The molecule has 15 heteroatoms. The summed E-state index contributed by atoms with van der Waals surface area (Å²) in [6, 6.07) is 11.3. The van der Waals surface area contributed by atoms with Crippen LogP contribution in [0.4, 0.5) is 0 Å². The van der Waals surface area contributed by atoms with E-state index in [4.69, 9.17) is 41.7 Å². The Morgan fingerprint density at radius 1 is 1.22 bits per heavy atom. The second kappa shape index (κ2) is 12.3. The third kappa shape index (κ3) is 6.86. The van der Waals surface area contributed by atoms with E-state index in [1.165, 1.54) is 13.8 Å². The topological polar surface area (TPSA) is 158 Å². The first kappa shape index (κ1) is 31.2. The monoisotopic (exact) mass is 629 g/mol. The Bertz CT molecular complexity index is 1590. The molecule has 1 aromatic heterocycles. The number of ether oxygens (including phenoxy) is 2. The van der Waals surface area contributed by atoms with E-state index >= 15 is 0 Å². The highest BCUT2D eigenvalue weighted by atomic mass is 35.5. The number of hydrogen-bond donors (Lipinski definition) is 3. The van der Waals surface area contributed by atoms with Gasteiger partial charge < -0.3 is 19.1 Å². The Kier molecular flexibility index (Phi) is 9.35. The van der Waals surface area contributed by atoms with Gasteiger partial charge in [0.2, 0.25) is 0 Å². The zero-order valence-corrected chi connectivity index (χ0v) is 25.0. The fourth-order valence-electron chi connectivity index (χ4n) is 4.28. The fraction of sp³-hybridized carbons (Fsp3) is 0.423. The van der Waals surface area contributed by atoms with Crippen LogP contribution in [0.15, 0.2) is 58.3 Å². The summed E-state index contributed by atoms with van der Waals surface area (Å²) in [7, 11) is -4.36. The molecular weight excluding hydrogens is 600 g/mol. The molecule has 1 fully saturated rings. The zero-order valence-electron chi connectivity index (χ0n) is 22.6. The van der Waals surface area contributed by atoms with E-state index in [0.717, 1.165) is 16.2 Å². The maximum atomic E-state index is 14.1.